The zero-order chi connectivity index (χ0) is 41.3. The van der Waals surface area contributed by atoms with Crippen molar-refractivity contribution in [2.24, 2.45) is 11.5 Å². The number of fused-ring (bicyclic) bond motifs is 1. The number of hydrogen-bond acceptors (Lipinski definition) is 7. The molecule has 296 valence electrons. The average molecular weight is 763 g/mol. The van der Waals surface area contributed by atoms with E-state index in [9.17, 15) is 0 Å². The smallest absolute Gasteiger partial charge is 0.225 e. The van der Waals surface area contributed by atoms with Gasteiger partial charge in [-0.05, 0) is 82.5 Å². The molecule has 0 spiro atoms. The maximum Gasteiger partial charge on any atom is 0.225 e. The highest BCUT2D eigenvalue weighted by Gasteiger charge is 2.37. The van der Waals surface area contributed by atoms with Crippen LogP contribution in [0.25, 0.3) is 39.5 Å². The maximum absolute atomic E-state index is 7.57. The monoisotopic (exact) mass is 762 g/mol. The Balaban J connectivity index is 0.000000193. The predicted octanol–water partition coefficient (Wildman–Crippen LogP) is 8.93. The van der Waals surface area contributed by atoms with E-state index >= 15 is 0 Å². The molecule has 3 heterocycles. The summed E-state index contributed by atoms with van der Waals surface area (Å²) in [5.74, 6) is 1.59. The summed E-state index contributed by atoms with van der Waals surface area (Å²) in [5, 5.41) is 15.1. The maximum atomic E-state index is 7.57. The number of piperazine rings is 1. The van der Waals surface area contributed by atoms with E-state index in [4.69, 9.17) is 32.3 Å². The van der Waals surface area contributed by atoms with Gasteiger partial charge >= 0.3 is 0 Å². The van der Waals surface area contributed by atoms with Crippen LogP contribution in [-0.4, -0.2) is 62.8 Å². The number of nitrogens with one attached hydrogen (secondary N) is 2. The number of anilines is 1. The van der Waals surface area contributed by atoms with Gasteiger partial charge in [-0.15, -0.1) is 0 Å². The van der Waals surface area contributed by atoms with E-state index in [-0.39, 0.29) is 28.0 Å². The van der Waals surface area contributed by atoms with E-state index in [1.54, 1.807) is 0 Å². The third-order valence-electron chi connectivity index (χ3n) is 11.4. The van der Waals surface area contributed by atoms with Crippen molar-refractivity contribution in [3.05, 3.63) is 120 Å². The average Bonchev–Trinajstić information content (AvgIpc) is 3.19. The number of rotatable bonds is 6. The molecule has 1 aliphatic heterocycles. The van der Waals surface area contributed by atoms with E-state index in [0.717, 1.165) is 52.7 Å². The summed E-state index contributed by atoms with van der Waals surface area (Å²) in [6.45, 7) is 25.1. The van der Waals surface area contributed by atoms with Gasteiger partial charge in [0.15, 0.2) is 11.8 Å². The highest BCUT2D eigenvalue weighted by Crippen LogP contribution is 2.46. The lowest BCUT2D eigenvalue weighted by Crippen LogP contribution is -2.51. The molecule has 6 N–H and O–H groups in total. The molecular weight excluding hydrogens is 705 g/mol. The van der Waals surface area contributed by atoms with Gasteiger partial charge in [0.1, 0.15) is 5.84 Å². The molecule has 0 unspecified atom stereocenters. The van der Waals surface area contributed by atoms with Crippen LogP contribution in [0.15, 0.2) is 91.8 Å². The molecule has 1 aliphatic carbocycles. The Kier molecular flexibility index (Phi) is 11.4. The van der Waals surface area contributed by atoms with Crippen LogP contribution in [0.3, 0.4) is 0 Å². The molecule has 10 heteroatoms. The van der Waals surface area contributed by atoms with Gasteiger partial charge in [-0.25, -0.2) is 19.9 Å². The highest BCUT2D eigenvalue weighted by atomic mass is 15.3. The summed E-state index contributed by atoms with van der Waals surface area (Å²) in [7, 11) is 0. The zero-order valence-electron chi connectivity index (χ0n) is 34.9. The number of nitrogens with two attached hydrogens (primary N) is 2. The van der Waals surface area contributed by atoms with Crippen LogP contribution < -0.4 is 16.4 Å². The number of allylic oxidation sites excluding steroid dienone is 1. The van der Waals surface area contributed by atoms with Gasteiger partial charge in [0.05, 0.1) is 11.4 Å². The molecule has 3 aromatic carbocycles. The number of nitrogens with zero attached hydrogens (tertiary/aromatic N) is 6. The Morgan fingerprint density at radius 1 is 0.702 bits per heavy atom. The van der Waals surface area contributed by atoms with Crippen molar-refractivity contribution in [3.8, 4) is 33.9 Å². The first kappa shape index (κ1) is 40.8. The SMILES string of the molecule is C=C(C)c1ccc(-c2ccnc(N3CCN(C(=N)N)CC3)n2)cc1C(C)(C)C.CC1(C)CCC(C)(C)c2cc(-c3ccnc(-c4ccc(C(=N)N)cc4)n3)ccc21. The molecule has 1 saturated heterocycles. The van der Waals surface area contributed by atoms with Crippen LogP contribution in [0.1, 0.15) is 96.0 Å². The summed E-state index contributed by atoms with van der Waals surface area (Å²) in [6.07, 6.45) is 6.03. The van der Waals surface area contributed by atoms with E-state index in [1.165, 1.54) is 35.1 Å². The second kappa shape index (κ2) is 15.9. The van der Waals surface area contributed by atoms with Crippen LogP contribution in [-0.2, 0) is 16.2 Å². The minimum absolute atomic E-state index is 0.0170. The lowest BCUT2D eigenvalue weighted by molar-refractivity contribution is 0.332. The Hall–Kier alpha value is -5.90. The Morgan fingerprint density at radius 3 is 1.86 bits per heavy atom. The number of nitrogen functional groups attached to an aromatic ring is 1. The van der Waals surface area contributed by atoms with Crippen molar-refractivity contribution in [2.45, 2.75) is 84.5 Å². The first-order chi connectivity index (χ1) is 26.8. The third kappa shape index (κ3) is 9.06. The van der Waals surface area contributed by atoms with E-state index in [0.29, 0.717) is 24.5 Å². The van der Waals surface area contributed by atoms with Crippen LogP contribution in [0.5, 0.6) is 0 Å². The molecule has 0 radical (unpaired) electrons. The predicted molar refractivity (Wildman–Crippen MR) is 236 cm³/mol. The van der Waals surface area contributed by atoms with Crippen LogP contribution in [0, 0.1) is 10.8 Å². The van der Waals surface area contributed by atoms with Crippen LogP contribution >= 0.6 is 0 Å². The van der Waals surface area contributed by atoms with Gasteiger partial charge in [0.2, 0.25) is 5.95 Å². The molecule has 5 aromatic rings. The third-order valence-corrected chi connectivity index (χ3v) is 11.4. The van der Waals surface area contributed by atoms with Gasteiger partial charge < -0.3 is 21.3 Å². The molecule has 0 bridgehead atoms. The largest absolute Gasteiger partial charge is 0.384 e. The molecule has 57 heavy (non-hydrogen) atoms. The van der Waals surface area contributed by atoms with Crippen molar-refractivity contribution >= 4 is 23.3 Å². The topological polar surface area (TPSA) is 158 Å². The Labute approximate surface area is 338 Å². The van der Waals surface area contributed by atoms with Gasteiger partial charge in [-0.3, -0.25) is 10.8 Å². The zero-order valence-corrected chi connectivity index (χ0v) is 34.9. The first-order valence-electron chi connectivity index (χ1n) is 19.7. The van der Waals surface area contributed by atoms with Crippen molar-refractivity contribution < 1.29 is 0 Å². The minimum atomic E-state index is 0.0170. The number of amidine groups is 1. The summed E-state index contributed by atoms with van der Waals surface area (Å²) >= 11 is 0. The quantitative estimate of drug-likeness (QED) is 0.0987. The van der Waals surface area contributed by atoms with Crippen LogP contribution in [0.2, 0.25) is 0 Å². The van der Waals surface area contributed by atoms with E-state index in [1.807, 2.05) is 60.6 Å². The summed E-state index contributed by atoms with van der Waals surface area (Å²) in [4.78, 5) is 22.6. The molecule has 2 aliphatic rings. The molecule has 1 fully saturated rings. The Morgan fingerprint density at radius 2 is 1.26 bits per heavy atom. The fraction of sp³-hybridized carbons (Fsp3) is 0.362. The molecular formula is C47H58N10. The van der Waals surface area contributed by atoms with Gasteiger partial charge in [0, 0.05) is 60.8 Å². The van der Waals surface area contributed by atoms with Gasteiger partial charge in [0.25, 0.3) is 0 Å². The van der Waals surface area contributed by atoms with Crippen LogP contribution in [0.4, 0.5) is 5.95 Å². The Bertz CT molecular complexity index is 2290. The van der Waals surface area contributed by atoms with Crippen molar-refractivity contribution in [3.63, 3.8) is 0 Å². The number of hydrogen-bond donors (Lipinski definition) is 4. The lowest BCUT2D eigenvalue weighted by Gasteiger charge is -2.42. The van der Waals surface area contributed by atoms with Crippen molar-refractivity contribution in [2.75, 3.05) is 31.1 Å². The normalized spacial score (nSPS) is 15.9. The molecule has 2 aromatic heterocycles. The summed E-state index contributed by atoms with van der Waals surface area (Å²) in [6, 6.07) is 24.7. The van der Waals surface area contributed by atoms with Gasteiger partial charge in [-0.2, -0.15) is 0 Å². The standard InChI is InChI=1S/C25H28N4.C22H30N6/c1-24(2)12-13-25(3,4)20-15-18(9-10-19(20)24)21-11-14-28-23(29-21)17-7-5-16(6-8-17)22(26)27;1-15(2)17-7-6-16(14-18(17)22(3,4)5)19-8-9-25-21(26-19)28-12-10-27(11-13-28)20(23)24/h5-11,14-15H,12-13H2,1-4H3,(H3,26,27);6-9,14H,1,10-13H2,2-5H3,(H3,23,24). The molecule has 10 nitrogen and oxygen atoms in total. The van der Waals surface area contributed by atoms with E-state index in [2.05, 4.69) is 106 Å². The molecule has 7 rings (SSSR count). The van der Waals surface area contributed by atoms with E-state index < -0.39 is 0 Å². The lowest BCUT2D eigenvalue weighted by atomic mass is 9.63. The van der Waals surface area contributed by atoms with Crippen molar-refractivity contribution in [1.82, 2.24) is 24.8 Å². The van der Waals surface area contributed by atoms with Crippen molar-refractivity contribution in [1.29, 1.82) is 10.8 Å². The van der Waals surface area contributed by atoms with Gasteiger partial charge in [-0.1, -0.05) is 109 Å². The number of aromatic nitrogens is 4. The summed E-state index contributed by atoms with van der Waals surface area (Å²) in [5.41, 5.74) is 23.6. The highest BCUT2D eigenvalue weighted by molar-refractivity contribution is 5.95. The molecule has 0 saturated carbocycles. The fourth-order valence-electron chi connectivity index (χ4n) is 7.71. The number of guanidine groups is 1. The second-order valence-electron chi connectivity index (χ2n) is 17.7. The minimum Gasteiger partial charge on any atom is -0.384 e. The summed E-state index contributed by atoms with van der Waals surface area (Å²) < 4.78 is 0. The number of benzene rings is 3. The fourth-order valence-corrected chi connectivity index (χ4v) is 7.71. The second-order valence-corrected chi connectivity index (χ2v) is 17.7. The molecule has 0 amide bonds. The first-order valence-corrected chi connectivity index (χ1v) is 19.7. The molecule has 0 atom stereocenters.